The lowest BCUT2D eigenvalue weighted by Crippen LogP contribution is -2.04. The van der Waals surface area contributed by atoms with Gasteiger partial charge in [-0.05, 0) is 6.08 Å². The molecule has 0 unspecified atom stereocenters. The van der Waals surface area contributed by atoms with E-state index in [4.69, 9.17) is 0 Å². The van der Waals surface area contributed by atoms with Crippen LogP contribution in [0, 0.1) is 0 Å². The van der Waals surface area contributed by atoms with Crippen molar-refractivity contribution >= 4 is 10.1 Å². The van der Waals surface area contributed by atoms with Gasteiger partial charge in [-0.15, -0.1) is 0 Å². The summed E-state index contributed by atoms with van der Waals surface area (Å²) >= 11 is 0. The first-order valence-corrected chi connectivity index (χ1v) is 4.90. The Morgan fingerprint density at radius 2 is 2.08 bits per heavy atom. The number of rotatable bonds is 2. The van der Waals surface area contributed by atoms with E-state index in [1.54, 1.807) is 30.4 Å². The van der Waals surface area contributed by atoms with Crippen molar-refractivity contribution in [3.8, 4) is 0 Å². The summed E-state index contributed by atoms with van der Waals surface area (Å²) in [5, 5.41) is 0. The van der Waals surface area contributed by atoms with Crippen LogP contribution in [0.15, 0.2) is 35.3 Å². The first-order chi connectivity index (χ1) is 5.67. The van der Waals surface area contributed by atoms with Crippen LogP contribution < -0.4 is 0 Å². The second kappa shape index (κ2) is 3.69. The monoisotopic (exact) mass is 186 g/mol. The molecule has 0 aromatic rings. The molecule has 0 aliphatic heterocycles. The van der Waals surface area contributed by atoms with Crippen LogP contribution in [0.3, 0.4) is 0 Å². The highest BCUT2D eigenvalue weighted by Gasteiger charge is 2.14. The molecule has 0 spiro atoms. The van der Waals surface area contributed by atoms with Crippen LogP contribution in [0.2, 0.25) is 0 Å². The smallest absolute Gasteiger partial charge is 0.270 e. The van der Waals surface area contributed by atoms with Gasteiger partial charge in [0.05, 0.1) is 12.0 Å². The van der Waals surface area contributed by atoms with E-state index in [1.807, 2.05) is 0 Å². The summed E-state index contributed by atoms with van der Waals surface area (Å²) in [4.78, 5) is 0.287. The van der Waals surface area contributed by atoms with E-state index in [9.17, 15) is 8.42 Å². The Balaban J connectivity index is 2.97. The average molecular weight is 186 g/mol. The van der Waals surface area contributed by atoms with Crippen molar-refractivity contribution in [2.24, 2.45) is 0 Å². The largest absolute Gasteiger partial charge is 0.293 e. The quantitative estimate of drug-likeness (QED) is 0.611. The third-order valence-corrected chi connectivity index (χ3v) is 2.88. The molecule has 0 fully saturated rings. The zero-order chi connectivity index (χ0) is 9.03. The fraction of sp³-hybridized carbons (Fsp3) is 0.250. The first kappa shape index (κ1) is 9.22. The van der Waals surface area contributed by atoms with E-state index in [0.717, 1.165) is 7.11 Å². The normalized spacial score (nSPS) is 17.2. The lowest BCUT2D eigenvalue weighted by atomic mass is 10.4. The molecule has 66 valence electrons. The van der Waals surface area contributed by atoms with Crippen molar-refractivity contribution in [2.45, 2.75) is 6.42 Å². The summed E-state index contributed by atoms with van der Waals surface area (Å²) in [5.41, 5.74) is 0. The highest BCUT2D eigenvalue weighted by atomic mass is 32.2. The van der Waals surface area contributed by atoms with Crippen molar-refractivity contribution < 1.29 is 12.6 Å². The van der Waals surface area contributed by atoms with Gasteiger partial charge in [-0.2, -0.15) is 8.42 Å². The molecule has 3 nitrogen and oxygen atoms in total. The van der Waals surface area contributed by atoms with Crippen LogP contribution in [0.25, 0.3) is 0 Å². The molecule has 1 aliphatic carbocycles. The molecule has 0 saturated heterocycles. The minimum absolute atomic E-state index is 0.287. The minimum Gasteiger partial charge on any atom is -0.270 e. The fourth-order valence-corrected chi connectivity index (χ4v) is 1.61. The van der Waals surface area contributed by atoms with E-state index in [1.165, 1.54) is 0 Å². The summed E-state index contributed by atoms with van der Waals surface area (Å²) in [7, 11) is -2.32. The Kier molecular flexibility index (Phi) is 2.83. The maximum Gasteiger partial charge on any atom is 0.293 e. The summed E-state index contributed by atoms with van der Waals surface area (Å²) in [6, 6.07) is 0. The summed E-state index contributed by atoms with van der Waals surface area (Å²) in [6.07, 6.45) is 8.95. The minimum atomic E-state index is -3.49. The van der Waals surface area contributed by atoms with Crippen molar-refractivity contribution in [3.63, 3.8) is 0 Å². The van der Waals surface area contributed by atoms with Gasteiger partial charge in [0, 0.05) is 6.42 Å². The molecule has 0 aromatic carbocycles. The van der Waals surface area contributed by atoms with E-state index in [0.29, 0.717) is 6.42 Å². The standard InChI is InChI=1S/C8H10O3S/c1-11-12(9,10)8-6-4-2-3-5-7-8/h2-6H,7H2,1H3. The van der Waals surface area contributed by atoms with Gasteiger partial charge in [0.25, 0.3) is 10.1 Å². The Labute approximate surface area is 72.2 Å². The average Bonchev–Trinajstić information content (AvgIpc) is 2.32. The van der Waals surface area contributed by atoms with Crippen LogP contribution in [0.1, 0.15) is 6.42 Å². The zero-order valence-electron chi connectivity index (χ0n) is 6.73. The molecule has 1 aliphatic rings. The van der Waals surface area contributed by atoms with Gasteiger partial charge in [0.15, 0.2) is 0 Å². The number of allylic oxidation sites excluding steroid dienone is 6. The van der Waals surface area contributed by atoms with Crippen molar-refractivity contribution in [1.29, 1.82) is 0 Å². The van der Waals surface area contributed by atoms with Gasteiger partial charge >= 0.3 is 0 Å². The molecule has 0 saturated carbocycles. The molecule has 0 heterocycles. The highest BCUT2D eigenvalue weighted by Crippen LogP contribution is 2.15. The van der Waals surface area contributed by atoms with Crippen LogP contribution in [0.5, 0.6) is 0 Å². The second-order valence-corrected chi connectivity index (χ2v) is 4.04. The van der Waals surface area contributed by atoms with Crippen LogP contribution in [0.4, 0.5) is 0 Å². The van der Waals surface area contributed by atoms with Crippen molar-refractivity contribution in [3.05, 3.63) is 35.3 Å². The van der Waals surface area contributed by atoms with E-state index >= 15 is 0 Å². The second-order valence-electron chi connectivity index (χ2n) is 2.27. The Bertz CT molecular complexity index is 333. The summed E-state index contributed by atoms with van der Waals surface area (Å²) in [6.45, 7) is 0. The fourth-order valence-electron chi connectivity index (χ4n) is 0.850. The lowest BCUT2D eigenvalue weighted by Gasteiger charge is -2.01. The Morgan fingerprint density at radius 1 is 1.33 bits per heavy atom. The van der Waals surface area contributed by atoms with Crippen molar-refractivity contribution in [2.75, 3.05) is 7.11 Å². The van der Waals surface area contributed by atoms with Gasteiger partial charge in [-0.1, -0.05) is 24.3 Å². The SMILES string of the molecule is COS(=O)(=O)C1=CC=CC=CC1. The van der Waals surface area contributed by atoms with E-state index in [-0.39, 0.29) is 4.91 Å². The molecule has 0 N–H and O–H groups in total. The topological polar surface area (TPSA) is 43.4 Å². The predicted molar refractivity (Wildman–Crippen MR) is 46.9 cm³/mol. The molecule has 12 heavy (non-hydrogen) atoms. The molecule has 0 atom stereocenters. The highest BCUT2D eigenvalue weighted by molar-refractivity contribution is 7.90. The maximum absolute atomic E-state index is 11.1. The lowest BCUT2D eigenvalue weighted by molar-refractivity contribution is 0.403. The van der Waals surface area contributed by atoms with Crippen LogP contribution in [-0.2, 0) is 14.3 Å². The molecule has 0 bridgehead atoms. The summed E-state index contributed by atoms with van der Waals surface area (Å²) in [5.74, 6) is 0. The van der Waals surface area contributed by atoms with Crippen LogP contribution in [-0.4, -0.2) is 15.5 Å². The number of hydrogen-bond acceptors (Lipinski definition) is 3. The molecule has 1 rings (SSSR count). The molecule has 0 radical (unpaired) electrons. The van der Waals surface area contributed by atoms with Gasteiger partial charge < -0.3 is 0 Å². The van der Waals surface area contributed by atoms with Crippen molar-refractivity contribution in [1.82, 2.24) is 0 Å². The summed E-state index contributed by atoms with van der Waals surface area (Å²) < 4.78 is 26.7. The Hall–Kier alpha value is -0.870. The first-order valence-electron chi connectivity index (χ1n) is 3.50. The number of hydrogen-bond donors (Lipinski definition) is 0. The third-order valence-electron chi connectivity index (χ3n) is 1.50. The molecule has 0 amide bonds. The molecule has 4 heteroatoms. The van der Waals surface area contributed by atoms with Gasteiger partial charge in [0.1, 0.15) is 0 Å². The van der Waals surface area contributed by atoms with Gasteiger partial charge in [-0.3, -0.25) is 4.18 Å². The third kappa shape index (κ3) is 2.06. The van der Waals surface area contributed by atoms with E-state index in [2.05, 4.69) is 4.18 Å². The maximum atomic E-state index is 11.1. The van der Waals surface area contributed by atoms with E-state index < -0.39 is 10.1 Å². The molecular formula is C8H10O3S. The molecule has 0 aromatic heterocycles. The van der Waals surface area contributed by atoms with Gasteiger partial charge in [-0.25, -0.2) is 0 Å². The molecular weight excluding hydrogens is 176 g/mol. The zero-order valence-corrected chi connectivity index (χ0v) is 7.54. The van der Waals surface area contributed by atoms with Gasteiger partial charge in [0.2, 0.25) is 0 Å². The van der Waals surface area contributed by atoms with Crippen LogP contribution >= 0.6 is 0 Å². The predicted octanol–water partition coefficient (Wildman–Crippen LogP) is 1.36. The Morgan fingerprint density at radius 3 is 2.75 bits per heavy atom.